The van der Waals surface area contributed by atoms with Crippen LogP contribution in [0.25, 0.3) is 16.8 Å². The molecular formula is C24H19FN4O2. The first-order valence-corrected chi connectivity index (χ1v) is 9.96. The van der Waals surface area contributed by atoms with Crippen molar-refractivity contribution in [1.29, 1.82) is 0 Å². The second kappa shape index (κ2) is 8.02. The molecule has 1 aliphatic heterocycles. The highest BCUT2D eigenvalue weighted by Gasteiger charge is 2.27. The lowest BCUT2D eigenvalue weighted by Gasteiger charge is -2.15. The average molecular weight is 414 g/mol. The summed E-state index contributed by atoms with van der Waals surface area (Å²) in [5.74, 6) is 0.106. The standard InChI is InChI=1S/C24H19FN4O2/c25-18-11-17-12-19(31-23(17)21(13-18)16-5-3-8-26-14-16)15-27-24(30)20-6-1-2-7-22(20)29-10-4-9-28-29/h1-11,13-14,19H,12,15H2,(H,27,30)/t19-/m0/s1. The third-order valence-corrected chi connectivity index (χ3v) is 5.23. The number of pyridine rings is 1. The van der Waals surface area contributed by atoms with Crippen LogP contribution in [-0.4, -0.2) is 33.3 Å². The van der Waals surface area contributed by atoms with E-state index in [9.17, 15) is 9.18 Å². The van der Waals surface area contributed by atoms with E-state index in [4.69, 9.17) is 4.74 Å². The number of carbonyl (C=O) groups excluding carboxylic acids is 1. The quantitative estimate of drug-likeness (QED) is 0.539. The van der Waals surface area contributed by atoms with Gasteiger partial charge in [-0.2, -0.15) is 5.10 Å². The molecule has 2 aromatic carbocycles. The van der Waals surface area contributed by atoms with Crippen LogP contribution in [0.2, 0.25) is 0 Å². The third kappa shape index (κ3) is 3.77. The van der Waals surface area contributed by atoms with Crippen LogP contribution in [0.1, 0.15) is 15.9 Å². The van der Waals surface area contributed by atoms with Crippen molar-refractivity contribution in [2.45, 2.75) is 12.5 Å². The number of nitrogens with zero attached hydrogens (tertiary/aromatic N) is 3. The van der Waals surface area contributed by atoms with E-state index in [-0.39, 0.29) is 17.8 Å². The molecule has 1 atom stereocenters. The minimum absolute atomic E-state index is 0.218. The molecule has 0 aliphatic carbocycles. The molecule has 0 saturated heterocycles. The molecule has 5 rings (SSSR count). The van der Waals surface area contributed by atoms with Gasteiger partial charge < -0.3 is 10.1 Å². The van der Waals surface area contributed by atoms with Gasteiger partial charge in [-0.1, -0.05) is 18.2 Å². The fraction of sp³-hybridized carbons (Fsp3) is 0.125. The Labute approximate surface area is 178 Å². The van der Waals surface area contributed by atoms with Gasteiger partial charge in [0.05, 0.1) is 17.8 Å². The van der Waals surface area contributed by atoms with Crippen LogP contribution in [0.4, 0.5) is 4.39 Å². The summed E-state index contributed by atoms with van der Waals surface area (Å²) in [5, 5.41) is 7.15. The number of halogens is 1. The fourth-order valence-electron chi connectivity index (χ4n) is 3.82. The maximum atomic E-state index is 14.2. The summed E-state index contributed by atoms with van der Waals surface area (Å²) in [6, 6.07) is 15.7. The molecule has 31 heavy (non-hydrogen) atoms. The molecule has 1 N–H and O–H groups in total. The van der Waals surface area contributed by atoms with E-state index in [1.54, 1.807) is 47.7 Å². The van der Waals surface area contributed by atoms with Crippen LogP contribution >= 0.6 is 0 Å². The summed E-state index contributed by atoms with van der Waals surface area (Å²) in [6.07, 6.45) is 7.03. The van der Waals surface area contributed by atoms with Crippen LogP contribution in [-0.2, 0) is 6.42 Å². The van der Waals surface area contributed by atoms with Gasteiger partial charge in [0.25, 0.3) is 5.91 Å². The Hall–Kier alpha value is -4.00. The Balaban J connectivity index is 1.32. The number of fused-ring (bicyclic) bond motifs is 1. The molecule has 0 saturated carbocycles. The normalized spacial score (nSPS) is 14.7. The summed E-state index contributed by atoms with van der Waals surface area (Å²) in [6.45, 7) is 0.301. The Morgan fingerprint density at radius 1 is 1.16 bits per heavy atom. The number of amides is 1. The molecule has 0 radical (unpaired) electrons. The lowest BCUT2D eigenvalue weighted by atomic mass is 10.0. The molecule has 0 bridgehead atoms. The van der Waals surface area contributed by atoms with E-state index in [1.165, 1.54) is 12.1 Å². The molecule has 0 unspecified atom stereocenters. The topological polar surface area (TPSA) is 69.0 Å². The maximum Gasteiger partial charge on any atom is 0.253 e. The molecule has 1 aliphatic rings. The van der Waals surface area contributed by atoms with Gasteiger partial charge in [0.2, 0.25) is 0 Å². The predicted octanol–water partition coefficient (Wildman–Crippen LogP) is 3.81. The highest BCUT2D eigenvalue weighted by Crippen LogP contribution is 2.39. The number of hydrogen-bond acceptors (Lipinski definition) is 4. The number of nitrogens with one attached hydrogen (secondary N) is 1. The second-order valence-corrected chi connectivity index (χ2v) is 7.31. The summed E-state index contributed by atoms with van der Waals surface area (Å²) in [4.78, 5) is 17.0. The number of hydrogen-bond donors (Lipinski definition) is 1. The summed E-state index contributed by atoms with van der Waals surface area (Å²) in [5.41, 5.74) is 3.46. The van der Waals surface area contributed by atoms with Crippen molar-refractivity contribution in [2.24, 2.45) is 0 Å². The molecule has 0 fully saturated rings. The van der Waals surface area contributed by atoms with E-state index in [2.05, 4.69) is 15.4 Å². The molecule has 2 aromatic heterocycles. The first-order chi connectivity index (χ1) is 15.2. The van der Waals surface area contributed by atoms with Crippen molar-refractivity contribution in [3.8, 4) is 22.6 Å². The van der Waals surface area contributed by atoms with Gasteiger partial charge in [0.1, 0.15) is 17.7 Å². The highest BCUT2D eigenvalue weighted by molar-refractivity contribution is 5.97. The van der Waals surface area contributed by atoms with Crippen molar-refractivity contribution in [3.05, 3.63) is 96.3 Å². The molecule has 3 heterocycles. The molecule has 1 amide bonds. The van der Waals surface area contributed by atoms with E-state index in [1.807, 2.05) is 24.3 Å². The number of carbonyl (C=O) groups is 1. The second-order valence-electron chi connectivity index (χ2n) is 7.31. The number of aromatic nitrogens is 3. The minimum Gasteiger partial charge on any atom is -0.487 e. The third-order valence-electron chi connectivity index (χ3n) is 5.23. The Bertz CT molecular complexity index is 1230. The van der Waals surface area contributed by atoms with E-state index < -0.39 is 0 Å². The fourth-order valence-corrected chi connectivity index (χ4v) is 3.82. The van der Waals surface area contributed by atoms with Crippen LogP contribution in [0.3, 0.4) is 0 Å². The Morgan fingerprint density at radius 3 is 2.87 bits per heavy atom. The number of benzene rings is 2. The van der Waals surface area contributed by atoms with Gasteiger partial charge in [0, 0.05) is 47.9 Å². The summed E-state index contributed by atoms with van der Waals surface area (Å²) in [7, 11) is 0. The van der Waals surface area contributed by atoms with Gasteiger partial charge >= 0.3 is 0 Å². The Morgan fingerprint density at radius 2 is 2.06 bits per heavy atom. The van der Waals surface area contributed by atoms with Gasteiger partial charge in [-0.05, 0) is 36.4 Å². The van der Waals surface area contributed by atoms with Crippen molar-refractivity contribution in [2.75, 3.05) is 6.54 Å². The van der Waals surface area contributed by atoms with Crippen LogP contribution < -0.4 is 10.1 Å². The van der Waals surface area contributed by atoms with E-state index in [0.29, 0.717) is 35.5 Å². The van der Waals surface area contributed by atoms with Crippen LogP contribution in [0.5, 0.6) is 5.75 Å². The zero-order chi connectivity index (χ0) is 21.2. The monoisotopic (exact) mass is 414 g/mol. The smallest absolute Gasteiger partial charge is 0.253 e. The number of rotatable bonds is 5. The molecular weight excluding hydrogens is 395 g/mol. The largest absolute Gasteiger partial charge is 0.487 e. The molecule has 0 spiro atoms. The lowest BCUT2D eigenvalue weighted by molar-refractivity contribution is 0.0933. The number of para-hydroxylation sites is 1. The predicted molar refractivity (Wildman–Crippen MR) is 114 cm³/mol. The van der Waals surface area contributed by atoms with Crippen molar-refractivity contribution < 1.29 is 13.9 Å². The van der Waals surface area contributed by atoms with E-state index in [0.717, 1.165) is 11.1 Å². The molecule has 7 heteroatoms. The molecule has 6 nitrogen and oxygen atoms in total. The highest BCUT2D eigenvalue weighted by atomic mass is 19.1. The zero-order valence-electron chi connectivity index (χ0n) is 16.5. The minimum atomic E-state index is -0.320. The summed E-state index contributed by atoms with van der Waals surface area (Å²) < 4.78 is 22.0. The Kier molecular flexibility index (Phi) is 4.92. The average Bonchev–Trinajstić information content (AvgIpc) is 3.47. The van der Waals surface area contributed by atoms with Gasteiger partial charge in [-0.15, -0.1) is 0 Å². The van der Waals surface area contributed by atoms with Crippen molar-refractivity contribution >= 4 is 5.91 Å². The lowest BCUT2D eigenvalue weighted by Crippen LogP contribution is -2.35. The summed E-state index contributed by atoms with van der Waals surface area (Å²) >= 11 is 0. The maximum absolute atomic E-state index is 14.2. The van der Waals surface area contributed by atoms with Gasteiger partial charge in [-0.25, -0.2) is 9.07 Å². The first kappa shape index (κ1) is 19.0. The number of ether oxygens (including phenoxy) is 1. The van der Waals surface area contributed by atoms with Gasteiger partial charge in [0.15, 0.2) is 0 Å². The zero-order valence-corrected chi connectivity index (χ0v) is 16.5. The van der Waals surface area contributed by atoms with Gasteiger partial charge in [-0.3, -0.25) is 9.78 Å². The van der Waals surface area contributed by atoms with E-state index >= 15 is 0 Å². The SMILES string of the molecule is O=C(NC[C@@H]1Cc2cc(F)cc(-c3cccnc3)c2O1)c1ccccc1-n1cccn1. The van der Waals surface area contributed by atoms with Crippen LogP contribution in [0.15, 0.2) is 79.4 Å². The van der Waals surface area contributed by atoms with Crippen LogP contribution in [0, 0.1) is 5.82 Å². The van der Waals surface area contributed by atoms with Crippen molar-refractivity contribution in [1.82, 2.24) is 20.1 Å². The van der Waals surface area contributed by atoms with Crippen molar-refractivity contribution in [3.63, 3.8) is 0 Å². The molecule has 154 valence electrons. The first-order valence-electron chi connectivity index (χ1n) is 9.96. The molecule has 4 aromatic rings.